The van der Waals surface area contributed by atoms with Crippen molar-refractivity contribution in [2.45, 2.75) is 31.7 Å². The second kappa shape index (κ2) is 6.19. The van der Waals surface area contributed by atoms with E-state index < -0.39 is 10.0 Å². The number of carbonyl (C=O) groups excluding carboxylic acids is 1. The van der Waals surface area contributed by atoms with Gasteiger partial charge in [-0.3, -0.25) is 4.79 Å². The van der Waals surface area contributed by atoms with Crippen LogP contribution in [0.25, 0.3) is 0 Å². The summed E-state index contributed by atoms with van der Waals surface area (Å²) in [6.45, 7) is 3.17. The Morgan fingerprint density at radius 3 is 2.84 bits per heavy atom. The van der Waals surface area contributed by atoms with Crippen LogP contribution < -0.4 is 10.0 Å². The Labute approximate surface area is 115 Å². The summed E-state index contributed by atoms with van der Waals surface area (Å²) in [5.41, 5.74) is 0. The average molecular weight is 289 g/mol. The van der Waals surface area contributed by atoms with Gasteiger partial charge in [-0.15, -0.1) is 0 Å². The second-order valence-electron chi connectivity index (χ2n) is 5.63. The molecule has 2 N–H and O–H groups in total. The SMILES string of the molecule is CS(=O)(=O)NC1CCCN(C(=O)CC2CCNC2)C1. The van der Waals surface area contributed by atoms with Crippen molar-refractivity contribution in [3.63, 3.8) is 0 Å². The average Bonchev–Trinajstić information content (AvgIpc) is 2.80. The molecular formula is C12H23N3O3S. The molecular weight excluding hydrogens is 266 g/mol. The number of rotatable bonds is 4. The van der Waals surface area contributed by atoms with Crippen molar-refractivity contribution < 1.29 is 13.2 Å². The summed E-state index contributed by atoms with van der Waals surface area (Å²) in [4.78, 5) is 14.0. The molecule has 2 aliphatic heterocycles. The fraction of sp³-hybridized carbons (Fsp3) is 0.917. The predicted octanol–water partition coefficient (Wildman–Crippen LogP) is -0.474. The van der Waals surface area contributed by atoms with Crippen molar-refractivity contribution in [1.29, 1.82) is 0 Å². The maximum Gasteiger partial charge on any atom is 0.222 e. The molecule has 0 aromatic heterocycles. The third-order valence-electron chi connectivity index (χ3n) is 3.78. The Bertz CT molecular complexity index is 418. The van der Waals surface area contributed by atoms with E-state index >= 15 is 0 Å². The van der Waals surface area contributed by atoms with E-state index in [1.54, 1.807) is 0 Å². The monoisotopic (exact) mass is 289 g/mol. The molecule has 0 bridgehead atoms. The van der Waals surface area contributed by atoms with Crippen LogP contribution in [0.2, 0.25) is 0 Å². The summed E-state index contributed by atoms with van der Waals surface area (Å²) in [7, 11) is -3.19. The number of piperidine rings is 1. The van der Waals surface area contributed by atoms with Gasteiger partial charge in [0.05, 0.1) is 6.26 Å². The van der Waals surface area contributed by atoms with Gasteiger partial charge in [-0.05, 0) is 38.3 Å². The lowest BCUT2D eigenvalue weighted by molar-refractivity contribution is -0.133. The second-order valence-corrected chi connectivity index (χ2v) is 7.41. The summed E-state index contributed by atoms with van der Waals surface area (Å²) in [5, 5.41) is 3.26. The molecule has 0 spiro atoms. The summed E-state index contributed by atoms with van der Waals surface area (Å²) in [6.07, 6.45) is 4.48. The topological polar surface area (TPSA) is 78.5 Å². The lowest BCUT2D eigenvalue weighted by atomic mass is 10.0. The Balaban J connectivity index is 1.84. The largest absolute Gasteiger partial charge is 0.341 e. The number of nitrogens with one attached hydrogen (secondary N) is 2. The molecule has 0 saturated carbocycles. The lowest BCUT2D eigenvalue weighted by Crippen LogP contribution is -2.49. The molecule has 2 rings (SSSR count). The zero-order chi connectivity index (χ0) is 13.9. The number of hydrogen-bond acceptors (Lipinski definition) is 4. The minimum atomic E-state index is -3.19. The van der Waals surface area contributed by atoms with Gasteiger partial charge in [0.15, 0.2) is 0 Å². The van der Waals surface area contributed by atoms with Crippen LogP contribution in [-0.4, -0.2) is 57.7 Å². The predicted molar refractivity (Wildman–Crippen MR) is 73.2 cm³/mol. The van der Waals surface area contributed by atoms with Crippen LogP contribution >= 0.6 is 0 Å². The Hall–Kier alpha value is -0.660. The van der Waals surface area contributed by atoms with Crippen LogP contribution in [0.3, 0.4) is 0 Å². The van der Waals surface area contributed by atoms with Crippen molar-refractivity contribution >= 4 is 15.9 Å². The Morgan fingerprint density at radius 2 is 2.21 bits per heavy atom. The number of carbonyl (C=O) groups is 1. The molecule has 2 unspecified atom stereocenters. The molecule has 2 fully saturated rings. The molecule has 2 atom stereocenters. The lowest BCUT2D eigenvalue weighted by Gasteiger charge is -2.33. The Kier molecular flexibility index (Phi) is 4.81. The highest BCUT2D eigenvalue weighted by Crippen LogP contribution is 2.17. The fourth-order valence-corrected chi connectivity index (χ4v) is 3.67. The summed E-state index contributed by atoms with van der Waals surface area (Å²) < 4.78 is 25.1. The van der Waals surface area contributed by atoms with Gasteiger partial charge < -0.3 is 10.2 Å². The minimum absolute atomic E-state index is 0.130. The van der Waals surface area contributed by atoms with E-state index in [0.29, 0.717) is 18.9 Å². The highest BCUT2D eigenvalue weighted by atomic mass is 32.2. The first-order valence-electron chi connectivity index (χ1n) is 6.90. The van der Waals surface area contributed by atoms with Gasteiger partial charge in [0.2, 0.25) is 15.9 Å². The van der Waals surface area contributed by atoms with Gasteiger partial charge in [0, 0.05) is 25.6 Å². The third kappa shape index (κ3) is 4.74. The molecule has 7 heteroatoms. The molecule has 0 aromatic rings. The molecule has 0 aliphatic carbocycles. The van der Waals surface area contributed by atoms with E-state index in [0.717, 1.165) is 45.2 Å². The zero-order valence-electron chi connectivity index (χ0n) is 11.4. The molecule has 2 saturated heterocycles. The van der Waals surface area contributed by atoms with E-state index in [9.17, 15) is 13.2 Å². The van der Waals surface area contributed by atoms with Gasteiger partial charge in [0.1, 0.15) is 0 Å². The van der Waals surface area contributed by atoms with Crippen molar-refractivity contribution in [3.05, 3.63) is 0 Å². The molecule has 1 amide bonds. The van der Waals surface area contributed by atoms with Crippen LogP contribution in [0.15, 0.2) is 0 Å². The van der Waals surface area contributed by atoms with Crippen LogP contribution in [0.5, 0.6) is 0 Å². The summed E-state index contributed by atoms with van der Waals surface area (Å²) in [6, 6.07) is -0.130. The van der Waals surface area contributed by atoms with E-state index in [1.165, 1.54) is 0 Å². The molecule has 2 heterocycles. The number of amides is 1. The fourth-order valence-electron chi connectivity index (χ4n) is 2.87. The first-order valence-corrected chi connectivity index (χ1v) is 8.79. The summed E-state index contributed by atoms with van der Waals surface area (Å²) in [5.74, 6) is 0.601. The zero-order valence-corrected chi connectivity index (χ0v) is 12.2. The molecule has 2 aliphatic rings. The molecule has 110 valence electrons. The van der Waals surface area contributed by atoms with Crippen molar-refractivity contribution in [1.82, 2.24) is 14.9 Å². The minimum Gasteiger partial charge on any atom is -0.341 e. The van der Waals surface area contributed by atoms with Gasteiger partial charge in [-0.1, -0.05) is 0 Å². The highest BCUT2D eigenvalue weighted by molar-refractivity contribution is 7.88. The standard InChI is InChI=1S/C12H23N3O3S/c1-19(17,18)14-11-3-2-6-15(9-11)12(16)7-10-4-5-13-8-10/h10-11,13-14H,2-9H2,1H3. The van der Waals surface area contributed by atoms with Crippen LogP contribution in [0, 0.1) is 5.92 Å². The van der Waals surface area contributed by atoms with E-state index in [2.05, 4.69) is 10.0 Å². The maximum atomic E-state index is 12.2. The van der Waals surface area contributed by atoms with Crippen LogP contribution in [0.1, 0.15) is 25.7 Å². The molecule has 6 nitrogen and oxygen atoms in total. The van der Waals surface area contributed by atoms with E-state index in [1.807, 2.05) is 4.90 Å². The van der Waals surface area contributed by atoms with Crippen molar-refractivity contribution in [3.8, 4) is 0 Å². The number of nitrogens with zero attached hydrogens (tertiary/aromatic N) is 1. The van der Waals surface area contributed by atoms with Gasteiger partial charge >= 0.3 is 0 Å². The van der Waals surface area contributed by atoms with E-state index in [4.69, 9.17) is 0 Å². The van der Waals surface area contributed by atoms with Gasteiger partial charge in [0.25, 0.3) is 0 Å². The molecule has 0 radical (unpaired) electrons. The Morgan fingerprint density at radius 1 is 1.42 bits per heavy atom. The number of likely N-dealkylation sites (tertiary alicyclic amines) is 1. The number of hydrogen-bond donors (Lipinski definition) is 2. The summed E-state index contributed by atoms with van der Waals surface area (Å²) >= 11 is 0. The first-order chi connectivity index (χ1) is 8.94. The smallest absolute Gasteiger partial charge is 0.222 e. The van der Waals surface area contributed by atoms with Crippen LogP contribution in [-0.2, 0) is 14.8 Å². The van der Waals surface area contributed by atoms with E-state index in [-0.39, 0.29) is 11.9 Å². The van der Waals surface area contributed by atoms with Crippen LogP contribution in [0.4, 0.5) is 0 Å². The molecule has 0 aromatic carbocycles. The normalized spacial score (nSPS) is 28.6. The first kappa shape index (κ1) is 14.7. The number of sulfonamides is 1. The third-order valence-corrected chi connectivity index (χ3v) is 4.54. The highest BCUT2D eigenvalue weighted by Gasteiger charge is 2.27. The van der Waals surface area contributed by atoms with Crippen molar-refractivity contribution in [2.75, 3.05) is 32.4 Å². The quantitative estimate of drug-likeness (QED) is 0.733. The van der Waals surface area contributed by atoms with Crippen molar-refractivity contribution in [2.24, 2.45) is 5.92 Å². The van der Waals surface area contributed by atoms with Gasteiger partial charge in [-0.2, -0.15) is 0 Å². The maximum absolute atomic E-state index is 12.2. The molecule has 19 heavy (non-hydrogen) atoms. The van der Waals surface area contributed by atoms with Gasteiger partial charge in [-0.25, -0.2) is 13.1 Å².